The highest BCUT2D eigenvalue weighted by atomic mass is 19.4. The molecule has 7 heteroatoms. The monoisotopic (exact) mass is 275 g/mol. The molecule has 19 heavy (non-hydrogen) atoms. The summed E-state index contributed by atoms with van der Waals surface area (Å²) in [6.07, 6.45) is -0.583. The fourth-order valence-corrected chi connectivity index (χ4v) is 2.37. The molecule has 0 bridgehead atoms. The highest BCUT2D eigenvalue weighted by molar-refractivity contribution is 5.76. The van der Waals surface area contributed by atoms with Crippen LogP contribution >= 0.6 is 0 Å². The lowest BCUT2D eigenvalue weighted by atomic mass is 10.2. The number of rotatable bonds is 3. The van der Waals surface area contributed by atoms with Crippen molar-refractivity contribution in [1.29, 1.82) is 0 Å². The second-order valence-electron chi connectivity index (χ2n) is 4.88. The van der Waals surface area contributed by atoms with Crippen molar-refractivity contribution in [3.05, 3.63) is 17.5 Å². The predicted octanol–water partition coefficient (Wildman–Crippen LogP) is 2.27. The molecule has 2 rings (SSSR count). The third-order valence-electron chi connectivity index (χ3n) is 3.21. The van der Waals surface area contributed by atoms with Crippen molar-refractivity contribution in [1.82, 2.24) is 15.1 Å². The number of carbonyl (C=O) groups is 1. The van der Waals surface area contributed by atoms with Crippen molar-refractivity contribution in [2.75, 3.05) is 0 Å². The molecule has 1 aliphatic rings. The number of nitrogens with one attached hydrogen (secondary N) is 1. The van der Waals surface area contributed by atoms with Gasteiger partial charge in [0.05, 0.1) is 5.69 Å². The van der Waals surface area contributed by atoms with Crippen LogP contribution in [0.25, 0.3) is 0 Å². The standard InChI is InChI=1S/C12H16F3N3O/c1-8-6-10(12(13,14)15)18(17-8)7-11(19)16-9-4-2-3-5-9/h6,9H,2-5,7H2,1H3,(H,16,19). The Bertz CT molecular complexity index is 461. The third kappa shape index (κ3) is 3.48. The summed E-state index contributed by atoms with van der Waals surface area (Å²) < 4.78 is 38.9. The number of carbonyl (C=O) groups excluding carboxylic acids is 1. The van der Waals surface area contributed by atoms with Gasteiger partial charge in [-0.05, 0) is 25.8 Å². The van der Waals surface area contributed by atoms with Gasteiger partial charge in [0.15, 0.2) is 0 Å². The van der Waals surface area contributed by atoms with Gasteiger partial charge in [-0.1, -0.05) is 12.8 Å². The van der Waals surface area contributed by atoms with E-state index < -0.39 is 17.8 Å². The molecular weight excluding hydrogens is 259 g/mol. The summed E-state index contributed by atoms with van der Waals surface area (Å²) in [5, 5.41) is 6.48. The van der Waals surface area contributed by atoms with Crippen LogP contribution in [0.2, 0.25) is 0 Å². The first-order valence-electron chi connectivity index (χ1n) is 6.27. The molecule has 0 radical (unpaired) electrons. The lowest BCUT2D eigenvalue weighted by Gasteiger charge is -2.13. The Balaban J connectivity index is 2.03. The Labute approximate surface area is 109 Å². The van der Waals surface area contributed by atoms with Crippen LogP contribution in [0.15, 0.2) is 6.07 Å². The van der Waals surface area contributed by atoms with Gasteiger partial charge in [0.1, 0.15) is 12.2 Å². The maximum atomic E-state index is 12.7. The largest absolute Gasteiger partial charge is 0.433 e. The van der Waals surface area contributed by atoms with Crippen LogP contribution in [0.4, 0.5) is 13.2 Å². The molecule has 0 aromatic carbocycles. The van der Waals surface area contributed by atoms with Gasteiger partial charge in [0.2, 0.25) is 5.91 Å². The first-order valence-corrected chi connectivity index (χ1v) is 6.27. The number of alkyl halides is 3. The zero-order valence-corrected chi connectivity index (χ0v) is 10.6. The third-order valence-corrected chi connectivity index (χ3v) is 3.21. The van der Waals surface area contributed by atoms with E-state index in [-0.39, 0.29) is 18.3 Å². The highest BCUT2D eigenvalue weighted by Crippen LogP contribution is 2.29. The first kappa shape index (κ1) is 13.9. The topological polar surface area (TPSA) is 46.9 Å². The highest BCUT2D eigenvalue weighted by Gasteiger charge is 2.35. The van der Waals surface area contributed by atoms with Gasteiger partial charge >= 0.3 is 6.18 Å². The number of hydrogen-bond donors (Lipinski definition) is 1. The van der Waals surface area contributed by atoms with Gasteiger partial charge in [0.25, 0.3) is 0 Å². The van der Waals surface area contributed by atoms with Crippen LogP contribution in [0, 0.1) is 6.92 Å². The molecular formula is C12H16F3N3O. The van der Waals surface area contributed by atoms with E-state index in [1.807, 2.05) is 0 Å². The number of aryl methyl sites for hydroxylation is 1. The van der Waals surface area contributed by atoms with Crippen molar-refractivity contribution in [3.63, 3.8) is 0 Å². The molecule has 1 N–H and O–H groups in total. The first-order chi connectivity index (χ1) is 8.86. The second kappa shape index (κ2) is 5.22. The summed E-state index contributed by atoms with van der Waals surface area (Å²) in [7, 11) is 0. The van der Waals surface area contributed by atoms with E-state index in [1.165, 1.54) is 6.92 Å². The van der Waals surface area contributed by atoms with E-state index in [2.05, 4.69) is 10.4 Å². The van der Waals surface area contributed by atoms with Gasteiger partial charge in [-0.3, -0.25) is 9.48 Å². The molecule has 4 nitrogen and oxygen atoms in total. The minimum Gasteiger partial charge on any atom is -0.352 e. The van der Waals surface area contributed by atoms with Crippen LogP contribution in [0.3, 0.4) is 0 Å². The molecule has 1 heterocycles. The van der Waals surface area contributed by atoms with Crippen molar-refractivity contribution < 1.29 is 18.0 Å². The van der Waals surface area contributed by atoms with Gasteiger partial charge < -0.3 is 5.32 Å². The minimum atomic E-state index is -4.49. The zero-order chi connectivity index (χ0) is 14.0. The van der Waals surface area contributed by atoms with Crippen molar-refractivity contribution in [2.45, 2.75) is 51.4 Å². The number of halogens is 3. The summed E-state index contributed by atoms with van der Waals surface area (Å²) in [4.78, 5) is 11.7. The predicted molar refractivity (Wildman–Crippen MR) is 62.4 cm³/mol. The quantitative estimate of drug-likeness (QED) is 0.919. The molecule has 0 unspecified atom stereocenters. The van der Waals surface area contributed by atoms with E-state index in [4.69, 9.17) is 0 Å². The molecule has 1 aliphatic carbocycles. The van der Waals surface area contributed by atoms with Crippen LogP contribution < -0.4 is 5.32 Å². The Morgan fingerprint density at radius 3 is 2.68 bits per heavy atom. The molecule has 0 saturated heterocycles. The van der Waals surface area contributed by atoms with Gasteiger partial charge in [-0.2, -0.15) is 18.3 Å². The van der Waals surface area contributed by atoms with Crippen molar-refractivity contribution in [3.8, 4) is 0 Å². The molecule has 0 atom stereocenters. The summed E-state index contributed by atoms with van der Waals surface area (Å²) >= 11 is 0. The van der Waals surface area contributed by atoms with E-state index >= 15 is 0 Å². The lowest BCUT2D eigenvalue weighted by molar-refractivity contribution is -0.144. The van der Waals surface area contributed by atoms with E-state index in [0.29, 0.717) is 0 Å². The van der Waals surface area contributed by atoms with Gasteiger partial charge in [-0.25, -0.2) is 0 Å². The normalized spacial score (nSPS) is 16.8. The maximum absolute atomic E-state index is 12.7. The maximum Gasteiger partial charge on any atom is 0.433 e. The molecule has 106 valence electrons. The SMILES string of the molecule is Cc1cc(C(F)(F)F)n(CC(=O)NC2CCCC2)n1. The van der Waals surface area contributed by atoms with Crippen LogP contribution in [0.1, 0.15) is 37.1 Å². The molecule has 1 aromatic heterocycles. The Morgan fingerprint density at radius 1 is 1.47 bits per heavy atom. The van der Waals surface area contributed by atoms with Gasteiger partial charge in [0, 0.05) is 6.04 Å². The molecule has 1 aromatic rings. The average molecular weight is 275 g/mol. The number of aromatic nitrogens is 2. The van der Waals surface area contributed by atoms with E-state index in [9.17, 15) is 18.0 Å². The summed E-state index contributed by atoms with van der Waals surface area (Å²) in [5.41, 5.74) is -0.632. The summed E-state index contributed by atoms with van der Waals surface area (Å²) in [6.45, 7) is 1.08. The summed E-state index contributed by atoms with van der Waals surface area (Å²) in [6, 6.07) is 1.04. The molecule has 1 amide bonds. The Hall–Kier alpha value is -1.53. The van der Waals surface area contributed by atoms with E-state index in [0.717, 1.165) is 36.4 Å². The van der Waals surface area contributed by atoms with Crippen molar-refractivity contribution in [2.24, 2.45) is 0 Å². The fraction of sp³-hybridized carbons (Fsp3) is 0.667. The Kier molecular flexibility index (Phi) is 3.82. The van der Waals surface area contributed by atoms with E-state index in [1.54, 1.807) is 0 Å². The van der Waals surface area contributed by atoms with Crippen LogP contribution in [0.5, 0.6) is 0 Å². The second-order valence-corrected chi connectivity index (χ2v) is 4.88. The van der Waals surface area contributed by atoms with Crippen molar-refractivity contribution >= 4 is 5.91 Å². The zero-order valence-electron chi connectivity index (χ0n) is 10.6. The molecule has 0 spiro atoms. The number of nitrogens with zero attached hydrogens (tertiary/aromatic N) is 2. The number of hydrogen-bond acceptors (Lipinski definition) is 2. The smallest absolute Gasteiger partial charge is 0.352 e. The van der Waals surface area contributed by atoms with Gasteiger partial charge in [-0.15, -0.1) is 0 Å². The molecule has 0 aliphatic heterocycles. The average Bonchev–Trinajstić information content (AvgIpc) is 2.87. The fourth-order valence-electron chi connectivity index (χ4n) is 2.37. The lowest BCUT2D eigenvalue weighted by Crippen LogP contribution is -2.36. The van der Waals surface area contributed by atoms with Crippen LogP contribution in [-0.2, 0) is 17.5 Å². The summed E-state index contributed by atoms with van der Waals surface area (Å²) in [5.74, 6) is -0.416. The Morgan fingerprint density at radius 2 is 2.11 bits per heavy atom. The molecule has 1 saturated carbocycles. The molecule has 1 fully saturated rings. The number of amides is 1. The minimum absolute atomic E-state index is 0.0958. The van der Waals surface area contributed by atoms with Crippen LogP contribution in [-0.4, -0.2) is 21.7 Å².